The fourth-order valence-corrected chi connectivity index (χ4v) is 1.71. The highest BCUT2D eigenvalue weighted by Gasteiger charge is 2.09. The average molecular weight is 279 g/mol. The molecule has 0 aromatic carbocycles. The van der Waals surface area contributed by atoms with Gasteiger partial charge in [0.05, 0.1) is 0 Å². The van der Waals surface area contributed by atoms with E-state index in [2.05, 4.69) is 30.6 Å². The van der Waals surface area contributed by atoms with E-state index in [4.69, 9.17) is 5.73 Å². The number of nitrogen functional groups attached to an aromatic ring is 1. The molecular weight excluding hydrogens is 266 g/mol. The van der Waals surface area contributed by atoms with Gasteiger partial charge in [0.25, 0.3) is 0 Å². The molecule has 21 heavy (non-hydrogen) atoms. The molecule has 0 spiro atoms. The fraction of sp³-hybridized carbons (Fsp3) is 0. The highest BCUT2D eigenvalue weighted by Crippen LogP contribution is 2.26. The highest BCUT2D eigenvalue weighted by atomic mass is 15.1. The zero-order valence-corrected chi connectivity index (χ0v) is 11.1. The van der Waals surface area contributed by atoms with E-state index in [9.17, 15) is 0 Å². The Morgan fingerprint density at radius 2 is 1.24 bits per heavy atom. The number of anilines is 5. The number of nitrogens with one attached hydrogen (secondary N) is 2. The van der Waals surface area contributed by atoms with Crippen molar-refractivity contribution in [3.63, 3.8) is 0 Å². The van der Waals surface area contributed by atoms with E-state index in [1.165, 1.54) is 6.33 Å². The third-order valence-corrected chi connectivity index (χ3v) is 2.71. The van der Waals surface area contributed by atoms with Crippen molar-refractivity contribution in [2.75, 3.05) is 16.4 Å². The summed E-state index contributed by atoms with van der Waals surface area (Å²) in [5.41, 5.74) is 6.47. The maximum Gasteiger partial charge on any atom is 0.160 e. The molecule has 0 fully saturated rings. The second-order valence-corrected chi connectivity index (χ2v) is 4.16. The Labute approximate surface area is 121 Å². The molecule has 0 unspecified atom stereocenters. The lowest BCUT2D eigenvalue weighted by molar-refractivity contribution is 1.15. The van der Waals surface area contributed by atoms with Crippen LogP contribution in [0, 0.1) is 0 Å². The van der Waals surface area contributed by atoms with E-state index >= 15 is 0 Å². The minimum atomic E-state index is 0.397. The Balaban J connectivity index is 1.85. The van der Waals surface area contributed by atoms with Gasteiger partial charge in [-0.15, -0.1) is 0 Å². The first-order valence-electron chi connectivity index (χ1n) is 6.29. The lowest BCUT2D eigenvalue weighted by Crippen LogP contribution is -2.06. The van der Waals surface area contributed by atoms with Crippen LogP contribution in [0.5, 0.6) is 0 Å². The van der Waals surface area contributed by atoms with Crippen molar-refractivity contribution < 1.29 is 0 Å². The molecule has 3 aromatic heterocycles. The largest absolute Gasteiger partial charge is 0.393 e. The summed E-state index contributed by atoms with van der Waals surface area (Å²) in [5, 5.41) is 6.10. The SMILES string of the molecule is Nc1c(Nc2ccccn2)ncnc1Nc1ccccn1. The van der Waals surface area contributed by atoms with E-state index in [1.807, 2.05) is 36.4 Å². The molecule has 3 rings (SSSR count). The molecule has 0 saturated heterocycles. The van der Waals surface area contributed by atoms with Gasteiger partial charge in [0, 0.05) is 12.4 Å². The predicted octanol–water partition coefficient (Wildman–Crippen LogP) is 2.34. The summed E-state index contributed by atoms with van der Waals surface area (Å²) in [5.74, 6) is 2.29. The summed E-state index contributed by atoms with van der Waals surface area (Å²) in [6.45, 7) is 0. The minimum Gasteiger partial charge on any atom is -0.393 e. The van der Waals surface area contributed by atoms with Crippen LogP contribution in [-0.4, -0.2) is 19.9 Å². The molecule has 0 aliphatic rings. The zero-order valence-electron chi connectivity index (χ0n) is 11.1. The summed E-state index contributed by atoms with van der Waals surface area (Å²) in [4.78, 5) is 16.6. The van der Waals surface area contributed by atoms with Crippen LogP contribution >= 0.6 is 0 Å². The van der Waals surface area contributed by atoms with Crippen molar-refractivity contribution in [3.05, 3.63) is 55.1 Å². The van der Waals surface area contributed by atoms with E-state index < -0.39 is 0 Å². The molecule has 0 atom stereocenters. The quantitative estimate of drug-likeness (QED) is 0.673. The highest BCUT2D eigenvalue weighted by molar-refractivity contribution is 5.78. The maximum absolute atomic E-state index is 6.07. The Morgan fingerprint density at radius 3 is 1.67 bits per heavy atom. The third kappa shape index (κ3) is 3.03. The summed E-state index contributed by atoms with van der Waals surface area (Å²) < 4.78 is 0. The van der Waals surface area contributed by atoms with E-state index in [0.717, 1.165) is 0 Å². The van der Waals surface area contributed by atoms with Crippen LogP contribution < -0.4 is 16.4 Å². The molecule has 0 radical (unpaired) electrons. The third-order valence-electron chi connectivity index (χ3n) is 2.71. The minimum absolute atomic E-state index is 0.397. The zero-order chi connectivity index (χ0) is 14.5. The van der Waals surface area contributed by atoms with Crippen molar-refractivity contribution in [1.29, 1.82) is 0 Å². The van der Waals surface area contributed by atoms with Gasteiger partial charge in [0.2, 0.25) is 0 Å². The molecule has 104 valence electrons. The molecule has 3 aromatic rings. The van der Waals surface area contributed by atoms with Crippen molar-refractivity contribution in [1.82, 2.24) is 19.9 Å². The van der Waals surface area contributed by atoms with Crippen LogP contribution in [0.2, 0.25) is 0 Å². The number of rotatable bonds is 4. The van der Waals surface area contributed by atoms with Crippen molar-refractivity contribution in [2.45, 2.75) is 0 Å². The standard InChI is InChI=1S/C14H13N7/c15-12-13(20-10-5-1-3-7-16-10)18-9-19-14(12)21-11-6-2-4-8-17-11/h1-9H,15H2,(H2,16,17,18,19,20,21). The molecule has 0 saturated carbocycles. The van der Waals surface area contributed by atoms with E-state index in [0.29, 0.717) is 29.0 Å². The summed E-state index contributed by atoms with van der Waals surface area (Å²) in [7, 11) is 0. The molecule has 0 aliphatic carbocycles. The molecular formula is C14H13N7. The molecule has 4 N–H and O–H groups in total. The molecule has 0 bridgehead atoms. The van der Waals surface area contributed by atoms with Gasteiger partial charge in [-0.3, -0.25) is 0 Å². The predicted molar refractivity (Wildman–Crippen MR) is 81.5 cm³/mol. The maximum atomic E-state index is 6.07. The Morgan fingerprint density at radius 1 is 0.714 bits per heavy atom. The number of nitrogens with two attached hydrogens (primary N) is 1. The number of nitrogens with zero attached hydrogens (tertiary/aromatic N) is 4. The van der Waals surface area contributed by atoms with E-state index in [-0.39, 0.29) is 0 Å². The number of pyridine rings is 2. The first-order valence-corrected chi connectivity index (χ1v) is 6.29. The molecule has 7 heteroatoms. The second-order valence-electron chi connectivity index (χ2n) is 4.16. The van der Waals surface area contributed by atoms with Gasteiger partial charge in [-0.2, -0.15) is 0 Å². The van der Waals surface area contributed by atoms with Crippen molar-refractivity contribution in [2.24, 2.45) is 0 Å². The van der Waals surface area contributed by atoms with Gasteiger partial charge in [-0.05, 0) is 24.3 Å². The van der Waals surface area contributed by atoms with Crippen LogP contribution in [0.3, 0.4) is 0 Å². The van der Waals surface area contributed by atoms with Gasteiger partial charge in [-0.1, -0.05) is 12.1 Å². The summed E-state index contributed by atoms with van der Waals surface area (Å²) >= 11 is 0. The van der Waals surface area contributed by atoms with Gasteiger partial charge in [-0.25, -0.2) is 19.9 Å². The van der Waals surface area contributed by atoms with Gasteiger partial charge in [0.1, 0.15) is 23.7 Å². The number of hydrogen-bond donors (Lipinski definition) is 3. The van der Waals surface area contributed by atoms with Crippen LogP contribution in [0.25, 0.3) is 0 Å². The summed E-state index contributed by atoms with van der Waals surface area (Å²) in [6.07, 6.45) is 4.80. The van der Waals surface area contributed by atoms with Crippen LogP contribution in [0.15, 0.2) is 55.1 Å². The Kier molecular flexibility index (Phi) is 3.55. The smallest absolute Gasteiger partial charge is 0.160 e. The molecule has 0 amide bonds. The average Bonchev–Trinajstić information content (AvgIpc) is 2.53. The van der Waals surface area contributed by atoms with Crippen LogP contribution in [0.4, 0.5) is 29.0 Å². The van der Waals surface area contributed by atoms with Gasteiger partial charge in [0.15, 0.2) is 11.6 Å². The van der Waals surface area contributed by atoms with Crippen LogP contribution in [-0.2, 0) is 0 Å². The first-order chi connectivity index (χ1) is 10.3. The van der Waals surface area contributed by atoms with Crippen LogP contribution in [0.1, 0.15) is 0 Å². The summed E-state index contributed by atoms with van der Waals surface area (Å²) in [6, 6.07) is 11.1. The number of aromatic nitrogens is 4. The molecule has 3 heterocycles. The number of hydrogen-bond acceptors (Lipinski definition) is 7. The lowest BCUT2D eigenvalue weighted by Gasteiger charge is -2.11. The topological polar surface area (TPSA) is 102 Å². The Hall–Kier alpha value is -3.22. The van der Waals surface area contributed by atoms with E-state index in [1.54, 1.807) is 12.4 Å². The first kappa shape index (κ1) is 12.8. The molecule has 7 nitrogen and oxygen atoms in total. The van der Waals surface area contributed by atoms with Crippen molar-refractivity contribution >= 4 is 29.0 Å². The molecule has 0 aliphatic heterocycles. The van der Waals surface area contributed by atoms with Crippen molar-refractivity contribution in [3.8, 4) is 0 Å². The fourth-order valence-electron chi connectivity index (χ4n) is 1.71. The monoisotopic (exact) mass is 279 g/mol. The Bertz CT molecular complexity index is 656. The lowest BCUT2D eigenvalue weighted by atomic mass is 10.4. The van der Waals surface area contributed by atoms with Gasteiger partial charge >= 0.3 is 0 Å². The normalized spacial score (nSPS) is 10.1. The second kappa shape index (κ2) is 5.83. The van der Waals surface area contributed by atoms with Gasteiger partial charge < -0.3 is 16.4 Å².